The average Bonchev–Trinajstić information content (AvgIpc) is 2.70. The minimum absolute atomic E-state index is 0.0310. The summed E-state index contributed by atoms with van der Waals surface area (Å²) in [5.41, 5.74) is 2.46. The maximum absolute atomic E-state index is 12.8. The van der Waals surface area contributed by atoms with Crippen molar-refractivity contribution in [3.8, 4) is 0 Å². The monoisotopic (exact) mass is 264 g/mol. The van der Waals surface area contributed by atoms with E-state index in [4.69, 9.17) is 5.73 Å². The molecule has 6 heteroatoms. The molecular formula is C12H19F3N2O. The van der Waals surface area contributed by atoms with Crippen LogP contribution in [0.4, 0.5) is 13.2 Å². The van der Waals surface area contributed by atoms with E-state index in [0.717, 1.165) is 39.0 Å². The van der Waals surface area contributed by atoms with Gasteiger partial charge in [0.1, 0.15) is 0 Å². The summed E-state index contributed by atoms with van der Waals surface area (Å²) in [6, 6.07) is -0.0310. The van der Waals surface area contributed by atoms with Crippen molar-refractivity contribution in [2.45, 2.75) is 56.8 Å². The molecule has 2 aliphatic rings. The van der Waals surface area contributed by atoms with Gasteiger partial charge < -0.3 is 10.6 Å². The van der Waals surface area contributed by atoms with Gasteiger partial charge in [-0.05, 0) is 32.1 Å². The minimum Gasteiger partial charge on any atom is -0.338 e. The number of carbonyl (C=O) groups is 1. The second-order valence-electron chi connectivity index (χ2n) is 5.60. The first-order valence-electron chi connectivity index (χ1n) is 6.42. The number of fused-ring (bicyclic) bond motifs is 1. The summed E-state index contributed by atoms with van der Waals surface area (Å²) in [6.07, 6.45) is 0.0356. The summed E-state index contributed by atoms with van der Waals surface area (Å²) in [4.78, 5) is 13.4. The number of amides is 1. The molecule has 1 aliphatic carbocycles. The largest absolute Gasteiger partial charge is 0.415 e. The summed E-state index contributed by atoms with van der Waals surface area (Å²) >= 11 is 0. The lowest BCUT2D eigenvalue weighted by Gasteiger charge is -2.37. The highest BCUT2D eigenvalue weighted by molar-refractivity contribution is 5.87. The molecule has 0 aromatic rings. The fraction of sp³-hybridized carbons (Fsp3) is 0.917. The number of hydrogen-bond acceptors (Lipinski definition) is 2. The van der Waals surface area contributed by atoms with Gasteiger partial charge in [-0.3, -0.25) is 4.79 Å². The quantitative estimate of drug-likeness (QED) is 0.788. The van der Waals surface area contributed by atoms with E-state index in [2.05, 4.69) is 0 Å². The Labute approximate surface area is 104 Å². The summed E-state index contributed by atoms with van der Waals surface area (Å²) < 4.78 is 38.4. The normalized spacial score (nSPS) is 31.9. The second kappa shape index (κ2) is 4.40. The number of halogens is 3. The van der Waals surface area contributed by atoms with Crippen molar-refractivity contribution in [3.63, 3.8) is 0 Å². The average molecular weight is 264 g/mol. The second-order valence-corrected chi connectivity index (χ2v) is 5.60. The first-order valence-corrected chi connectivity index (χ1v) is 6.42. The van der Waals surface area contributed by atoms with Crippen molar-refractivity contribution in [2.75, 3.05) is 6.54 Å². The third-order valence-electron chi connectivity index (χ3n) is 4.30. The van der Waals surface area contributed by atoms with Gasteiger partial charge in [0.05, 0.1) is 0 Å². The lowest BCUT2D eigenvalue weighted by atomic mass is 9.85. The van der Waals surface area contributed by atoms with Crippen LogP contribution < -0.4 is 5.73 Å². The number of nitrogens with zero attached hydrogens (tertiary/aromatic N) is 1. The van der Waals surface area contributed by atoms with Gasteiger partial charge >= 0.3 is 6.18 Å². The Kier molecular flexibility index (Phi) is 3.34. The van der Waals surface area contributed by atoms with Gasteiger partial charge in [-0.2, -0.15) is 13.2 Å². The maximum atomic E-state index is 12.8. The van der Waals surface area contributed by atoms with E-state index in [1.54, 1.807) is 0 Å². The van der Waals surface area contributed by atoms with Crippen molar-refractivity contribution in [1.82, 2.24) is 4.90 Å². The SMILES string of the molecule is CC(N)(C(=O)N1CCC2CCCCC21)C(F)(F)F. The molecule has 3 atom stereocenters. The highest BCUT2D eigenvalue weighted by Crippen LogP contribution is 2.39. The molecule has 1 aliphatic heterocycles. The lowest BCUT2D eigenvalue weighted by molar-refractivity contribution is -0.194. The zero-order chi connectivity index (χ0) is 13.6. The molecule has 0 aromatic carbocycles. The molecule has 0 aromatic heterocycles. The number of carbonyl (C=O) groups excluding carboxylic acids is 1. The van der Waals surface area contributed by atoms with Crippen LogP contribution in [0.15, 0.2) is 0 Å². The standard InChI is InChI=1S/C12H19F3N2O/c1-11(16,12(13,14)15)10(18)17-7-6-8-4-2-3-5-9(8)17/h8-9H,2-7,16H2,1H3. The molecule has 2 rings (SSSR count). The molecular weight excluding hydrogens is 245 g/mol. The fourth-order valence-electron chi connectivity index (χ4n) is 3.08. The summed E-state index contributed by atoms with van der Waals surface area (Å²) in [7, 11) is 0. The third kappa shape index (κ3) is 2.11. The van der Waals surface area contributed by atoms with E-state index in [9.17, 15) is 18.0 Å². The fourth-order valence-corrected chi connectivity index (χ4v) is 3.08. The number of hydrogen-bond donors (Lipinski definition) is 1. The number of rotatable bonds is 1. The molecule has 0 bridgehead atoms. The summed E-state index contributed by atoms with van der Waals surface area (Å²) in [5.74, 6) is -0.601. The van der Waals surface area contributed by atoms with Crippen LogP contribution in [0.5, 0.6) is 0 Å². The minimum atomic E-state index is -4.70. The van der Waals surface area contributed by atoms with Crippen LogP contribution in [0.25, 0.3) is 0 Å². The van der Waals surface area contributed by atoms with Crippen molar-refractivity contribution >= 4 is 5.91 Å². The zero-order valence-electron chi connectivity index (χ0n) is 10.5. The molecule has 3 unspecified atom stereocenters. The van der Waals surface area contributed by atoms with Crippen LogP contribution in [0, 0.1) is 5.92 Å². The van der Waals surface area contributed by atoms with E-state index in [1.165, 1.54) is 4.90 Å². The Morgan fingerprint density at radius 2 is 1.83 bits per heavy atom. The first kappa shape index (κ1) is 13.6. The van der Waals surface area contributed by atoms with Gasteiger partial charge in [0.25, 0.3) is 5.91 Å². The topological polar surface area (TPSA) is 46.3 Å². The molecule has 3 nitrogen and oxygen atoms in total. The van der Waals surface area contributed by atoms with E-state index in [-0.39, 0.29) is 6.04 Å². The summed E-state index contributed by atoms with van der Waals surface area (Å²) in [6.45, 7) is 1.18. The van der Waals surface area contributed by atoms with E-state index in [1.807, 2.05) is 0 Å². The van der Waals surface area contributed by atoms with Gasteiger partial charge in [0.15, 0.2) is 5.54 Å². The predicted octanol–water partition coefficient (Wildman–Crippen LogP) is 2.06. The van der Waals surface area contributed by atoms with Crippen LogP contribution >= 0.6 is 0 Å². The molecule has 18 heavy (non-hydrogen) atoms. The Hall–Kier alpha value is -0.780. The number of likely N-dealkylation sites (tertiary alicyclic amines) is 1. The van der Waals surface area contributed by atoms with Crippen LogP contribution in [0.2, 0.25) is 0 Å². The van der Waals surface area contributed by atoms with Gasteiger partial charge in [0.2, 0.25) is 0 Å². The van der Waals surface area contributed by atoms with Crippen molar-refractivity contribution in [2.24, 2.45) is 11.7 Å². The summed E-state index contributed by atoms with van der Waals surface area (Å²) in [5, 5.41) is 0. The number of alkyl halides is 3. The lowest BCUT2D eigenvalue weighted by Crippen LogP contribution is -2.63. The third-order valence-corrected chi connectivity index (χ3v) is 4.30. The smallest absolute Gasteiger partial charge is 0.338 e. The molecule has 0 spiro atoms. The predicted molar refractivity (Wildman–Crippen MR) is 60.7 cm³/mol. The number of nitrogens with two attached hydrogens (primary N) is 1. The molecule has 1 amide bonds. The van der Waals surface area contributed by atoms with Crippen LogP contribution in [-0.2, 0) is 4.79 Å². The van der Waals surface area contributed by atoms with Gasteiger partial charge in [-0.25, -0.2) is 0 Å². The maximum Gasteiger partial charge on any atom is 0.415 e. The molecule has 2 N–H and O–H groups in total. The molecule has 0 radical (unpaired) electrons. The highest BCUT2D eigenvalue weighted by atomic mass is 19.4. The molecule has 104 valence electrons. The Balaban J connectivity index is 2.15. The van der Waals surface area contributed by atoms with Crippen molar-refractivity contribution in [1.29, 1.82) is 0 Å². The van der Waals surface area contributed by atoms with Gasteiger partial charge in [-0.1, -0.05) is 12.8 Å². The molecule has 1 saturated heterocycles. The molecule has 1 heterocycles. The van der Waals surface area contributed by atoms with Gasteiger partial charge in [0, 0.05) is 12.6 Å². The Bertz CT molecular complexity index is 341. The Morgan fingerprint density at radius 3 is 2.44 bits per heavy atom. The van der Waals surface area contributed by atoms with Gasteiger partial charge in [-0.15, -0.1) is 0 Å². The van der Waals surface area contributed by atoms with E-state index in [0.29, 0.717) is 12.5 Å². The highest BCUT2D eigenvalue weighted by Gasteiger charge is 2.57. The van der Waals surface area contributed by atoms with Crippen LogP contribution in [0.3, 0.4) is 0 Å². The van der Waals surface area contributed by atoms with Crippen LogP contribution in [-0.4, -0.2) is 35.1 Å². The van der Waals surface area contributed by atoms with E-state index < -0.39 is 17.6 Å². The molecule has 2 fully saturated rings. The van der Waals surface area contributed by atoms with E-state index >= 15 is 0 Å². The van der Waals surface area contributed by atoms with Crippen LogP contribution in [0.1, 0.15) is 39.0 Å². The van der Waals surface area contributed by atoms with Crippen molar-refractivity contribution < 1.29 is 18.0 Å². The first-order chi connectivity index (χ1) is 8.25. The van der Waals surface area contributed by atoms with Crippen molar-refractivity contribution in [3.05, 3.63) is 0 Å². The Morgan fingerprint density at radius 1 is 1.22 bits per heavy atom. The molecule has 1 saturated carbocycles. The zero-order valence-corrected chi connectivity index (χ0v) is 10.5.